The molecule has 0 fully saturated rings. The van der Waals surface area contributed by atoms with Crippen molar-refractivity contribution in [3.8, 4) is 23.0 Å². The summed E-state index contributed by atoms with van der Waals surface area (Å²) in [6.45, 7) is 12.4. The van der Waals surface area contributed by atoms with Crippen LogP contribution in [0.1, 0.15) is 70.0 Å². The van der Waals surface area contributed by atoms with E-state index in [0.717, 1.165) is 0 Å². The van der Waals surface area contributed by atoms with Crippen molar-refractivity contribution in [2.45, 2.75) is 85.6 Å². The topological polar surface area (TPSA) is 214 Å². The molecule has 5 bridgehead atoms. The largest absolute Gasteiger partial charge is 0.507 e. The molecule has 5 rings (SSSR count). The predicted molar refractivity (Wildman–Crippen MR) is 197 cm³/mol. The van der Waals surface area contributed by atoms with Gasteiger partial charge in [-0.05, 0) is 19.9 Å². The second-order valence-corrected chi connectivity index (χ2v) is 14.0. The number of fused-ring (bicyclic) bond motifs is 14. The van der Waals surface area contributed by atoms with Crippen molar-refractivity contribution in [1.82, 2.24) is 0 Å². The number of allylic oxidation sites excluding steroid dienone is 2. The lowest BCUT2D eigenvalue weighted by atomic mass is 9.78. The molecular weight excluding hydrogens is 688 g/mol. The van der Waals surface area contributed by atoms with Gasteiger partial charge in [0.05, 0.1) is 46.8 Å². The van der Waals surface area contributed by atoms with E-state index in [0.29, 0.717) is 0 Å². The van der Waals surface area contributed by atoms with E-state index in [4.69, 9.17) is 18.9 Å². The quantitative estimate of drug-likeness (QED) is 0.108. The number of aliphatic hydroxyl groups excluding tert-OH is 2. The number of hydrogen-bond donors (Lipinski definition) is 6. The highest BCUT2D eigenvalue weighted by Crippen LogP contribution is 2.55. The maximum atomic E-state index is 14.2. The molecule has 0 aliphatic carbocycles. The van der Waals surface area contributed by atoms with Crippen LogP contribution in [0, 0.1) is 30.6 Å². The predicted octanol–water partition coefficient (Wildman–Crippen LogP) is 4.80. The first kappa shape index (κ1) is 40.8. The molecule has 0 saturated carbocycles. The molecule has 2 aromatic rings. The lowest BCUT2D eigenvalue weighted by molar-refractivity contribution is -0.160. The highest BCUT2D eigenvalue weighted by Gasteiger charge is 2.50. The van der Waals surface area contributed by atoms with Gasteiger partial charge in [0.1, 0.15) is 23.4 Å². The third-order valence-corrected chi connectivity index (χ3v) is 10.3. The molecular formula is C39H50N2O12. The zero-order valence-electron chi connectivity index (χ0n) is 31.6. The summed E-state index contributed by atoms with van der Waals surface area (Å²) in [4.78, 5) is 43.8. The van der Waals surface area contributed by atoms with Crippen molar-refractivity contribution in [1.29, 1.82) is 0 Å². The van der Waals surface area contributed by atoms with Crippen LogP contribution >= 0.6 is 0 Å². The van der Waals surface area contributed by atoms with Gasteiger partial charge >= 0.3 is 11.8 Å². The summed E-state index contributed by atoms with van der Waals surface area (Å²) in [5, 5.41) is 59.3. The van der Waals surface area contributed by atoms with Gasteiger partial charge in [0.25, 0.3) is 11.7 Å². The van der Waals surface area contributed by atoms with E-state index < -0.39 is 88.8 Å². The number of phenolic OH excluding ortho intramolecular Hbond substituents is 3. The molecule has 3 aliphatic rings. The summed E-state index contributed by atoms with van der Waals surface area (Å²) in [6, 6.07) is 0. The van der Waals surface area contributed by atoms with E-state index >= 15 is 0 Å². The van der Waals surface area contributed by atoms with Crippen molar-refractivity contribution in [2.24, 2.45) is 28.7 Å². The van der Waals surface area contributed by atoms with Gasteiger partial charge in [0.2, 0.25) is 0 Å². The van der Waals surface area contributed by atoms with Crippen LogP contribution in [0.3, 0.4) is 0 Å². The molecule has 14 heteroatoms. The number of ether oxygens (including phenoxy) is 4. The Morgan fingerprint density at radius 2 is 1.62 bits per heavy atom. The number of Topliss-reactive ketones (excluding diaryl/α,β-unsaturated/α-hetero) is 1. The van der Waals surface area contributed by atoms with Crippen molar-refractivity contribution in [2.75, 3.05) is 19.5 Å². The van der Waals surface area contributed by atoms with Crippen LogP contribution in [0.25, 0.3) is 10.8 Å². The molecule has 0 saturated heterocycles. The number of nitrogens with zero attached hydrogens (tertiary/aromatic N) is 1. The van der Waals surface area contributed by atoms with Crippen molar-refractivity contribution < 1.29 is 58.9 Å². The fourth-order valence-corrected chi connectivity index (χ4v) is 7.00. The fourth-order valence-electron chi connectivity index (χ4n) is 7.00. The number of amides is 1. The average molecular weight is 739 g/mol. The number of nitrogens with one attached hydrogen (secondary N) is 1. The monoisotopic (exact) mass is 738 g/mol. The molecule has 0 aromatic heterocycles. The minimum atomic E-state index is -2.02. The fraction of sp³-hybridized carbons (Fsp3) is 0.487. The SMILES string of the molecule is CN=Cc1c2c(O)c3c(O)c(C)c4c(c3c1O)C(=O)[C@@](C)(OC=C[C@H](OC)[C@@H](C)[C@@H](OC(C)=O)[C@H](C)[C@H](O)[C@H](C)[C@@H](O)[C@@H](C)/C=C\C=C(\C)C(=O)N2)O4. The number of esters is 1. The number of rotatable bonds is 3. The Balaban J connectivity index is 1.95. The normalized spacial score (nSPS) is 31.6. The Morgan fingerprint density at radius 1 is 0.962 bits per heavy atom. The molecule has 14 nitrogen and oxygen atoms in total. The van der Waals surface area contributed by atoms with Gasteiger partial charge < -0.3 is 49.8 Å². The molecule has 9 atom stereocenters. The lowest BCUT2D eigenvalue weighted by Gasteiger charge is -2.38. The van der Waals surface area contributed by atoms with Crippen LogP contribution in [0.4, 0.5) is 5.69 Å². The van der Waals surface area contributed by atoms with Crippen LogP contribution in [0.2, 0.25) is 0 Å². The van der Waals surface area contributed by atoms with E-state index in [9.17, 15) is 39.9 Å². The smallest absolute Gasteiger partial charge is 0.312 e. The Morgan fingerprint density at radius 3 is 2.23 bits per heavy atom. The minimum absolute atomic E-state index is 0.0541. The number of aliphatic hydroxyl groups is 2. The maximum absolute atomic E-state index is 14.2. The van der Waals surface area contributed by atoms with Crippen molar-refractivity contribution in [3.05, 3.63) is 52.8 Å². The summed E-state index contributed by atoms with van der Waals surface area (Å²) in [6.07, 6.45) is 4.72. The van der Waals surface area contributed by atoms with Crippen molar-refractivity contribution in [3.63, 3.8) is 0 Å². The molecule has 6 N–H and O–H groups in total. The number of methoxy groups -OCH3 is 1. The first-order valence-corrected chi connectivity index (χ1v) is 17.3. The molecule has 3 aliphatic heterocycles. The number of benzene rings is 2. The third kappa shape index (κ3) is 7.62. The van der Waals surface area contributed by atoms with Crippen LogP contribution in [0.15, 0.2) is 41.1 Å². The number of aromatic hydroxyl groups is 3. The van der Waals surface area contributed by atoms with E-state index in [1.165, 1.54) is 66.5 Å². The second kappa shape index (κ2) is 16.0. The van der Waals surface area contributed by atoms with Crippen LogP contribution in [-0.2, 0) is 23.8 Å². The Hall–Kier alpha value is -4.92. The van der Waals surface area contributed by atoms with Crippen LogP contribution in [0.5, 0.6) is 23.0 Å². The minimum Gasteiger partial charge on any atom is -0.507 e. The first-order chi connectivity index (χ1) is 24.8. The number of anilines is 1. The zero-order valence-corrected chi connectivity index (χ0v) is 31.6. The Kier molecular flexibility index (Phi) is 12.3. The summed E-state index contributed by atoms with van der Waals surface area (Å²) in [5.74, 6) is -8.32. The van der Waals surface area contributed by atoms with Gasteiger partial charge in [-0.1, -0.05) is 45.9 Å². The lowest BCUT2D eigenvalue weighted by Crippen LogP contribution is -2.46. The van der Waals surface area contributed by atoms with Crippen molar-refractivity contribution >= 4 is 40.3 Å². The number of carbonyl (C=O) groups is 3. The highest BCUT2D eigenvalue weighted by atomic mass is 16.7. The number of phenols is 3. The van der Waals surface area contributed by atoms with Gasteiger partial charge in [-0.3, -0.25) is 19.4 Å². The first-order valence-electron chi connectivity index (χ1n) is 17.3. The van der Waals surface area contributed by atoms with E-state index in [2.05, 4.69) is 10.3 Å². The zero-order chi connectivity index (χ0) is 39.7. The summed E-state index contributed by atoms with van der Waals surface area (Å²) >= 11 is 0. The molecule has 0 spiro atoms. The van der Waals surface area contributed by atoms with E-state index in [1.54, 1.807) is 39.8 Å². The number of aliphatic imine (C=N–C) groups is 1. The summed E-state index contributed by atoms with van der Waals surface area (Å²) in [5.41, 5.74) is -0.375. The maximum Gasteiger partial charge on any atom is 0.312 e. The summed E-state index contributed by atoms with van der Waals surface area (Å²) in [7, 11) is 2.83. The Labute approximate surface area is 308 Å². The molecule has 53 heavy (non-hydrogen) atoms. The molecule has 288 valence electrons. The van der Waals surface area contributed by atoms with Gasteiger partial charge in [-0.2, -0.15) is 0 Å². The molecule has 0 radical (unpaired) electrons. The molecule has 3 heterocycles. The molecule has 2 aromatic carbocycles. The number of ketones is 1. The van der Waals surface area contributed by atoms with Crippen LogP contribution < -0.4 is 10.1 Å². The van der Waals surface area contributed by atoms with Gasteiger partial charge in [0.15, 0.2) is 5.75 Å². The standard InChI is InChI=1S/C39H50N2O12/c1-17-12-11-13-18(2)38(49)41-29-24(16-40-9)33(46)26-27(34(29)47)32(45)22(6)36-28(26)37(48)39(8,53-36)51-15-14-25(50-10)19(3)35(52-23(7)42)21(5)31(44)20(4)30(17)43/h11-17,19-21,25,30-31,35,43-47H,1-10H3,(H,41,49)/b12-11-,15-14?,18-13-,40-16?/t17-,19+,20+,21+,25-,30-,31+,35+,39-/m0/s1. The number of hydrogen-bond acceptors (Lipinski definition) is 13. The summed E-state index contributed by atoms with van der Waals surface area (Å²) < 4.78 is 23.3. The van der Waals surface area contributed by atoms with Crippen LogP contribution in [-0.4, -0.2) is 93.8 Å². The average Bonchev–Trinajstić information content (AvgIpc) is 3.38. The molecule has 1 amide bonds. The highest BCUT2D eigenvalue weighted by molar-refractivity contribution is 6.23. The van der Waals surface area contributed by atoms with E-state index in [1.807, 2.05) is 0 Å². The molecule has 0 unspecified atom stereocenters. The number of carbonyl (C=O) groups excluding carboxylic acids is 3. The van der Waals surface area contributed by atoms with Gasteiger partial charge in [-0.25, -0.2) is 0 Å². The van der Waals surface area contributed by atoms with Gasteiger partial charge in [-0.15, -0.1) is 0 Å². The Bertz CT molecular complexity index is 1900. The second-order valence-electron chi connectivity index (χ2n) is 14.0. The van der Waals surface area contributed by atoms with Gasteiger partial charge in [0, 0.05) is 74.4 Å². The third-order valence-electron chi connectivity index (χ3n) is 10.3. The van der Waals surface area contributed by atoms with E-state index in [-0.39, 0.29) is 44.5 Å².